The highest BCUT2D eigenvalue weighted by atomic mass is 79.9. The third-order valence-electron chi connectivity index (χ3n) is 3.47. The number of likely N-dealkylation sites (tertiary alicyclic amines) is 1. The minimum absolute atomic E-state index is 0.0979. The zero-order valence-electron chi connectivity index (χ0n) is 11.1. The number of rotatable bonds is 4. The molecule has 1 atom stereocenters. The van der Waals surface area contributed by atoms with Crippen molar-refractivity contribution < 1.29 is 4.92 Å². The van der Waals surface area contributed by atoms with Gasteiger partial charge in [0.15, 0.2) is 0 Å². The van der Waals surface area contributed by atoms with E-state index in [4.69, 9.17) is 0 Å². The standard InChI is InChI=1S/C13H18BrN3O2/c1-9(2)16-6-5-11(8-16)15-10-3-4-13(17(18)19)12(14)7-10/h3-4,7,9,11,15H,5-6,8H2,1-2H3. The molecule has 1 N–H and O–H groups in total. The molecule has 0 bridgehead atoms. The number of nitrogens with one attached hydrogen (secondary N) is 1. The molecule has 0 aliphatic carbocycles. The average molecular weight is 328 g/mol. The minimum Gasteiger partial charge on any atom is -0.381 e. The van der Waals surface area contributed by atoms with E-state index in [-0.39, 0.29) is 10.6 Å². The predicted molar refractivity (Wildman–Crippen MR) is 79.5 cm³/mol. The molecule has 1 aromatic carbocycles. The summed E-state index contributed by atoms with van der Waals surface area (Å²) in [6.45, 7) is 6.52. The second kappa shape index (κ2) is 5.88. The molecule has 1 aromatic rings. The van der Waals surface area contributed by atoms with E-state index in [0.29, 0.717) is 16.6 Å². The molecule has 1 fully saturated rings. The van der Waals surface area contributed by atoms with Crippen molar-refractivity contribution in [3.63, 3.8) is 0 Å². The molecule has 0 radical (unpaired) electrons. The summed E-state index contributed by atoms with van der Waals surface area (Å²) >= 11 is 3.24. The molecule has 0 spiro atoms. The van der Waals surface area contributed by atoms with Gasteiger partial charge in [0, 0.05) is 36.9 Å². The molecular formula is C13H18BrN3O2. The summed E-state index contributed by atoms with van der Waals surface area (Å²) in [4.78, 5) is 12.8. The Morgan fingerprint density at radius 2 is 2.26 bits per heavy atom. The van der Waals surface area contributed by atoms with E-state index >= 15 is 0 Å². The fourth-order valence-electron chi connectivity index (χ4n) is 2.35. The Labute approximate surface area is 121 Å². The van der Waals surface area contributed by atoms with E-state index in [9.17, 15) is 10.1 Å². The van der Waals surface area contributed by atoms with Gasteiger partial charge in [-0.3, -0.25) is 15.0 Å². The zero-order valence-corrected chi connectivity index (χ0v) is 12.7. The van der Waals surface area contributed by atoms with Crippen LogP contribution in [0.1, 0.15) is 20.3 Å². The van der Waals surface area contributed by atoms with Gasteiger partial charge in [-0.25, -0.2) is 0 Å². The summed E-state index contributed by atoms with van der Waals surface area (Å²) in [5.74, 6) is 0. The largest absolute Gasteiger partial charge is 0.381 e. The Kier molecular flexibility index (Phi) is 4.42. The molecule has 5 nitrogen and oxygen atoms in total. The van der Waals surface area contributed by atoms with Crippen molar-refractivity contribution in [3.8, 4) is 0 Å². The maximum absolute atomic E-state index is 10.7. The molecule has 6 heteroatoms. The first kappa shape index (κ1) is 14.3. The Bertz CT molecular complexity index is 479. The molecule has 0 aromatic heterocycles. The Balaban J connectivity index is 2.01. The number of nitrogens with zero attached hydrogens (tertiary/aromatic N) is 2. The monoisotopic (exact) mass is 327 g/mol. The molecule has 1 aliphatic rings. The number of nitro groups is 1. The van der Waals surface area contributed by atoms with Gasteiger partial charge in [-0.2, -0.15) is 0 Å². The Hall–Kier alpha value is -1.14. The number of hydrogen-bond donors (Lipinski definition) is 1. The molecule has 0 amide bonds. The Morgan fingerprint density at radius 3 is 2.79 bits per heavy atom. The summed E-state index contributed by atoms with van der Waals surface area (Å²) in [6, 6.07) is 6.05. The van der Waals surface area contributed by atoms with E-state index in [1.807, 2.05) is 0 Å². The van der Waals surface area contributed by atoms with Gasteiger partial charge in [-0.05, 0) is 48.3 Å². The lowest BCUT2D eigenvalue weighted by atomic mass is 10.2. The van der Waals surface area contributed by atoms with Crippen LogP contribution in [0.15, 0.2) is 22.7 Å². The zero-order chi connectivity index (χ0) is 14.0. The van der Waals surface area contributed by atoms with E-state index in [1.54, 1.807) is 12.1 Å². The second-order valence-electron chi connectivity index (χ2n) is 5.14. The first-order chi connectivity index (χ1) is 8.97. The van der Waals surface area contributed by atoms with Crippen LogP contribution in [0.2, 0.25) is 0 Å². The molecular weight excluding hydrogens is 310 g/mol. The SMILES string of the molecule is CC(C)N1CCC(Nc2ccc([N+](=O)[O-])c(Br)c2)C1. The number of hydrogen-bond acceptors (Lipinski definition) is 4. The van der Waals surface area contributed by atoms with Crippen LogP contribution < -0.4 is 5.32 Å². The van der Waals surface area contributed by atoms with Crippen molar-refractivity contribution in [1.82, 2.24) is 4.90 Å². The fourth-order valence-corrected chi connectivity index (χ4v) is 2.88. The topological polar surface area (TPSA) is 58.4 Å². The summed E-state index contributed by atoms with van der Waals surface area (Å²) in [5.41, 5.74) is 1.02. The first-order valence-corrected chi connectivity index (χ1v) is 7.21. The van der Waals surface area contributed by atoms with Crippen molar-refractivity contribution in [2.24, 2.45) is 0 Å². The third-order valence-corrected chi connectivity index (χ3v) is 4.10. The normalized spacial score (nSPS) is 19.9. The van der Waals surface area contributed by atoms with Crippen LogP contribution >= 0.6 is 15.9 Å². The van der Waals surface area contributed by atoms with Gasteiger partial charge in [-0.15, -0.1) is 0 Å². The van der Waals surface area contributed by atoms with Crippen LogP contribution in [0, 0.1) is 10.1 Å². The summed E-state index contributed by atoms with van der Waals surface area (Å²) < 4.78 is 0.515. The quantitative estimate of drug-likeness (QED) is 0.681. The highest BCUT2D eigenvalue weighted by Gasteiger charge is 2.24. The first-order valence-electron chi connectivity index (χ1n) is 6.42. The van der Waals surface area contributed by atoms with E-state index < -0.39 is 0 Å². The maximum atomic E-state index is 10.7. The molecule has 1 heterocycles. The fraction of sp³-hybridized carbons (Fsp3) is 0.538. The lowest BCUT2D eigenvalue weighted by molar-refractivity contribution is -0.385. The van der Waals surface area contributed by atoms with Crippen LogP contribution in [0.3, 0.4) is 0 Å². The number of nitro benzene ring substituents is 1. The molecule has 1 saturated heterocycles. The third kappa shape index (κ3) is 3.45. The molecule has 19 heavy (non-hydrogen) atoms. The van der Waals surface area contributed by atoms with Crippen LogP contribution in [0.5, 0.6) is 0 Å². The molecule has 104 valence electrons. The molecule has 1 aliphatic heterocycles. The average Bonchev–Trinajstić information content (AvgIpc) is 2.77. The van der Waals surface area contributed by atoms with Crippen molar-refractivity contribution in [1.29, 1.82) is 0 Å². The van der Waals surface area contributed by atoms with Crippen molar-refractivity contribution in [2.75, 3.05) is 18.4 Å². The van der Waals surface area contributed by atoms with Gasteiger partial charge in [0.05, 0.1) is 9.40 Å². The number of halogens is 1. The van der Waals surface area contributed by atoms with Crippen LogP contribution in [-0.4, -0.2) is 35.0 Å². The second-order valence-corrected chi connectivity index (χ2v) is 6.00. The number of anilines is 1. The maximum Gasteiger partial charge on any atom is 0.283 e. The predicted octanol–water partition coefficient (Wildman–Crippen LogP) is 3.25. The van der Waals surface area contributed by atoms with Crippen molar-refractivity contribution in [2.45, 2.75) is 32.4 Å². The molecule has 2 rings (SSSR count). The van der Waals surface area contributed by atoms with Gasteiger partial charge >= 0.3 is 0 Å². The highest BCUT2D eigenvalue weighted by Crippen LogP contribution is 2.28. The van der Waals surface area contributed by atoms with Crippen molar-refractivity contribution in [3.05, 3.63) is 32.8 Å². The minimum atomic E-state index is -0.385. The lowest BCUT2D eigenvalue weighted by Gasteiger charge is -2.20. The van der Waals surface area contributed by atoms with Crippen LogP contribution in [0.4, 0.5) is 11.4 Å². The number of benzene rings is 1. The van der Waals surface area contributed by atoms with Gasteiger partial charge < -0.3 is 5.32 Å². The van der Waals surface area contributed by atoms with E-state index in [0.717, 1.165) is 25.2 Å². The van der Waals surface area contributed by atoms with Crippen LogP contribution in [0.25, 0.3) is 0 Å². The highest BCUT2D eigenvalue weighted by molar-refractivity contribution is 9.10. The molecule has 1 unspecified atom stereocenters. The lowest BCUT2D eigenvalue weighted by Crippen LogP contribution is -2.31. The van der Waals surface area contributed by atoms with Gasteiger partial charge in [0.2, 0.25) is 0 Å². The smallest absolute Gasteiger partial charge is 0.283 e. The van der Waals surface area contributed by atoms with Gasteiger partial charge in [0.25, 0.3) is 5.69 Å². The van der Waals surface area contributed by atoms with E-state index in [2.05, 4.69) is 40.0 Å². The van der Waals surface area contributed by atoms with Crippen LogP contribution in [-0.2, 0) is 0 Å². The van der Waals surface area contributed by atoms with Gasteiger partial charge in [0.1, 0.15) is 0 Å². The van der Waals surface area contributed by atoms with Crippen molar-refractivity contribution >= 4 is 27.3 Å². The Morgan fingerprint density at radius 1 is 1.53 bits per heavy atom. The van der Waals surface area contributed by atoms with Gasteiger partial charge in [-0.1, -0.05) is 0 Å². The molecule has 0 saturated carbocycles. The summed E-state index contributed by atoms with van der Waals surface area (Å²) in [5, 5.41) is 14.2. The summed E-state index contributed by atoms with van der Waals surface area (Å²) in [7, 11) is 0. The summed E-state index contributed by atoms with van der Waals surface area (Å²) in [6.07, 6.45) is 1.10. The van der Waals surface area contributed by atoms with E-state index in [1.165, 1.54) is 6.07 Å².